The number of amides is 2. The third-order valence-electron chi connectivity index (χ3n) is 5.84. The molecule has 0 radical (unpaired) electrons. The average molecular weight is 409 g/mol. The second kappa shape index (κ2) is 10.8. The van der Waals surface area contributed by atoms with Gasteiger partial charge in [0.2, 0.25) is 11.8 Å². The molecule has 2 rings (SSSR count). The zero-order valence-electron chi connectivity index (χ0n) is 18.1. The van der Waals surface area contributed by atoms with Crippen molar-refractivity contribution in [1.82, 2.24) is 10.2 Å². The zero-order valence-corrected chi connectivity index (χ0v) is 18.1. The zero-order chi connectivity index (χ0) is 21.6. The molecular weight excluding hydrogens is 372 g/mol. The first kappa shape index (κ1) is 23.4. The highest BCUT2D eigenvalue weighted by atomic mass is 16.5. The summed E-state index contributed by atoms with van der Waals surface area (Å²) in [5.74, 6) is -2.23. The van der Waals surface area contributed by atoms with E-state index in [2.05, 4.69) is 5.32 Å². The van der Waals surface area contributed by atoms with E-state index in [1.807, 2.05) is 32.9 Å². The van der Waals surface area contributed by atoms with Crippen LogP contribution in [-0.2, 0) is 19.1 Å². The fourth-order valence-corrected chi connectivity index (χ4v) is 4.55. The van der Waals surface area contributed by atoms with Crippen molar-refractivity contribution in [2.24, 2.45) is 23.7 Å². The van der Waals surface area contributed by atoms with Crippen LogP contribution in [0.2, 0.25) is 0 Å². The molecule has 7 nitrogen and oxygen atoms in total. The van der Waals surface area contributed by atoms with Gasteiger partial charge >= 0.3 is 5.97 Å². The van der Waals surface area contributed by atoms with Gasteiger partial charge < -0.3 is 20.1 Å². The summed E-state index contributed by atoms with van der Waals surface area (Å²) in [5.41, 5.74) is 0. The molecule has 1 fully saturated rings. The molecule has 0 spiro atoms. The van der Waals surface area contributed by atoms with E-state index >= 15 is 0 Å². The molecule has 29 heavy (non-hydrogen) atoms. The van der Waals surface area contributed by atoms with Crippen molar-refractivity contribution in [1.29, 1.82) is 0 Å². The maximum absolute atomic E-state index is 13.4. The van der Waals surface area contributed by atoms with E-state index in [1.165, 1.54) is 0 Å². The maximum atomic E-state index is 13.4. The Bertz CT molecular complexity index is 618. The molecule has 0 aromatic carbocycles. The first-order valence-corrected chi connectivity index (χ1v) is 10.9. The monoisotopic (exact) mass is 408 g/mol. The molecule has 0 bridgehead atoms. The number of aliphatic hydroxyl groups excluding tert-OH is 1. The van der Waals surface area contributed by atoms with Gasteiger partial charge in [-0.15, -0.1) is 0 Å². The van der Waals surface area contributed by atoms with Crippen LogP contribution in [0.3, 0.4) is 0 Å². The van der Waals surface area contributed by atoms with Crippen LogP contribution in [0.4, 0.5) is 0 Å². The first-order chi connectivity index (χ1) is 13.8. The number of hydrogen-bond donors (Lipinski definition) is 2. The highest BCUT2D eigenvalue weighted by Crippen LogP contribution is 2.44. The minimum atomic E-state index is -0.603. The molecule has 1 aliphatic heterocycles. The van der Waals surface area contributed by atoms with Crippen molar-refractivity contribution in [2.75, 3.05) is 19.8 Å². The Balaban J connectivity index is 2.27. The molecule has 0 unspecified atom stereocenters. The van der Waals surface area contributed by atoms with E-state index in [1.54, 1.807) is 11.8 Å². The number of ether oxygens (including phenoxy) is 1. The van der Waals surface area contributed by atoms with Gasteiger partial charge in [-0.2, -0.15) is 0 Å². The van der Waals surface area contributed by atoms with Crippen LogP contribution in [0.5, 0.6) is 0 Å². The Morgan fingerprint density at radius 3 is 2.52 bits per heavy atom. The number of hydrogen-bond acceptors (Lipinski definition) is 5. The SMILES string of the molecule is CCOC(=O)[C@H]1[C@@H]2C(=O)N(CCCCCCO)[C@H](C(=O)NC(C)C)[C@H]2C=C[C@H]1C. The summed E-state index contributed by atoms with van der Waals surface area (Å²) >= 11 is 0. The summed E-state index contributed by atoms with van der Waals surface area (Å²) in [4.78, 5) is 40.7. The lowest BCUT2D eigenvalue weighted by Crippen LogP contribution is -2.49. The number of aliphatic hydroxyl groups is 1. The number of rotatable bonds is 10. The highest BCUT2D eigenvalue weighted by Gasteiger charge is 2.56. The largest absolute Gasteiger partial charge is 0.466 e. The van der Waals surface area contributed by atoms with Crippen LogP contribution in [0.15, 0.2) is 12.2 Å². The predicted molar refractivity (Wildman–Crippen MR) is 110 cm³/mol. The van der Waals surface area contributed by atoms with Gasteiger partial charge in [-0.1, -0.05) is 31.9 Å². The summed E-state index contributed by atoms with van der Waals surface area (Å²) in [5, 5.41) is 11.9. The lowest BCUT2D eigenvalue weighted by Gasteiger charge is -2.32. The van der Waals surface area contributed by atoms with E-state index in [0.717, 1.165) is 25.7 Å². The second-order valence-electron chi connectivity index (χ2n) is 8.40. The van der Waals surface area contributed by atoms with Crippen molar-refractivity contribution in [3.05, 3.63) is 12.2 Å². The van der Waals surface area contributed by atoms with Gasteiger partial charge in [0.1, 0.15) is 6.04 Å². The van der Waals surface area contributed by atoms with Crippen molar-refractivity contribution < 1.29 is 24.2 Å². The summed E-state index contributed by atoms with van der Waals surface area (Å²) < 4.78 is 5.26. The molecular formula is C22H36N2O5. The standard InChI is InChI=1S/C22H36N2O5/c1-5-29-22(28)17-15(4)10-11-16-18(17)21(27)24(12-8-6-7-9-13-25)19(16)20(26)23-14(2)3/h10-11,14-19,25H,5-9,12-13H2,1-4H3,(H,23,26)/t15-,16+,17-,18-,19+/m1/s1. The normalized spacial score (nSPS) is 28.6. The first-order valence-electron chi connectivity index (χ1n) is 10.9. The molecule has 5 atom stereocenters. The van der Waals surface area contributed by atoms with E-state index in [-0.39, 0.29) is 48.9 Å². The van der Waals surface area contributed by atoms with E-state index in [0.29, 0.717) is 6.54 Å². The van der Waals surface area contributed by atoms with Crippen LogP contribution >= 0.6 is 0 Å². The molecule has 7 heteroatoms. The Kier molecular flexibility index (Phi) is 8.68. The average Bonchev–Trinajstić information content (AvgIpc) is 2.93. The maximum Gasteiger partial charge on any atom is 0.310 e. The van der Waals surface area contributed by atoms with Gasteiger partial charge in [0.25, 0.3) is 0 Å². The second-order valence-corrected chi connectivity index (χ2v) is 8.40. The number of nitrogens with zero attached hydrogens (tertiary/aromatic N) is 1. The van der Waals surface area contributed by atoms with Gasteiger partial charge in [-0.3, -0.25) is 14.4 Å². The number of nitrogens with one attached hydrogen (secondary N) is 1. The molecule has 1 heterocycles. The van der Waals surface area contributed by atoms with Crippen LogP contribution in [-0.4, -0.2) is 59.6 Å². The van der Waals surface area contributed by atoms with Crippen molar-refractivity contribution >= 4 is 17.8 Å². The van der Waals surface area contributed by atoms with E-state index in [4.69, 9.17) is 9.84 Å². The Hall–Kier alpha value is -1.89. The number of unbranched alkanes of at least 4 members (excludes halogenated alkanes) is 3. The van der Waals surface area contributed by atoms with Gasteiger partial charge in [0, 0.05) is 25.1 Å². The number of esters is 1. The number of fused-ring (bicyclic) bond motifs is 1. The van der Waals surface area contributed by atoms with Crippen LogP contribution < -0.4 is 5.32 Å². The van der Waals surface area contributed by atoms with Gasteiger partial charge in [-0.05, 0) is 39.5 Å². The number of carbonyl (C=O) groups excluding carboxylic acids is 3. The third kappa shape index (κ3) is 5.38. The molecule has 1 aliphatic carbocycles. The summed E-state index contributed by atoms with van der Waals surface area (Å²) in [7, 11) is 0. The molecule has 2 amide bonds. The van der Waals surface area contributed by atoms with Gasteiger partial charge in [-0.25, -0.2) is 0 Å². The minimum Gasteiger partial charge on any atom is -0.466 e. The Labute approximate surface area is 173 Å². The number of allylic oxidation sites excluding steroid dienone is 1. The fraction of sp³-hybridized carbons (Fsp3) is 0.773. The van der Waals surface area contributed by atoms with Gasteiger partial charge in [0.15, 0.2) is 0 Å². The van der Waals surface area contributed by atoms with E-state index in [9.17, 15) is 14.4 Å². The van der Waals surface area contributed by atoms with E-state index < -0.39 is 17.9 Å². The van der Waals surface area contributed by atoms with Crippen molar-refractivity contribution in [3.8, 4) is 0 Å². The van der Waals surface area contributed by atoms with Crippen LogP contribution in [0.25, 0.3) is 0 Å². The Morgan fingerprint density at radius 1 is 1.21 bits per heavy atom. The van der Waals surface area contributed by atoms with Crippen LogP contribution in [0, 0.1) is 23.7 Å². The lowest BCUT2D eigenvalue weighted by atomic mass is 9.70. The summed E-state index contributed by atoms with van der Waals surface area (Å²) in [6, 6.07) is -0.635. The predicted octanol–water partition coefficient (Wildman–Crippen LogP) is 1.89. The number of carbonyl (C=O) groups is 3. The van der Waals surface area contributed by atoms with Gasteiger partial charge in [0.05, 0.1) is 18.4 Å². The quantitative estimate of drug-likeness (QED) is 0.327. The molecule has 2 N–H and O–H groups in total. The fourth-order valence-electron chi connectivity index (χ4n) is 4.55. The number of likely N-dealkylation sites (tertiary alicyclic amines) is 1. The highest BCUT2D eigenvalue weighted by molar-refractivity contribution is 5.96. The van der Waals surface area contributed by atoms with Crippen molar-refractivity contribution in [3.63, 3.8) is 0 Å². The minimum absolute atomic E-state index is 0.0320. The summed E-state index contributed by atoms with van der Waals surface area (Å²) in [6.07, 6.45) is 7.15. The molecule has 0 aromatic rings. The molecule has 2 aliphatic rings. The molecule has 0 aromatic heterocycles. The summed E-state index contributed by atoms with van der Waals surface area (Å²) in [6.45, 7) is 8.37. The van der Waals surface area contributed by atoms with Crippen LogP contribution in [0.1, 0.15) is 53.4 Å². The molecule has 1 saturated heterocycles. The topological polar surface area (TPSA) is 95.9 Å². The third-order valence-corrected chi connectivity index (χ3v) is 5.84. The molecule has 164 valence electrons. The lowest BCUT2D eigenvalue weighted by molar-refractivity contribution is -0.155. The molecule has 0 saturated carbocycles. The Morgan fingerprint density at radius 2 is 1.90 bits per heavy atom. The smallest absolute Gasteiger partial charge is 0.310 e. The van der Waals surface area contributed by atoms with Crippen molar-refractivity contribution in [2.45, 2.75) is 65.5 Å².